The van der Waals surface area contributed by atoms with Crippen LogP contribution in [-0.4, -0.2) is 51.9 Å². The summed E-state index contributed by atoms with van der Waals surface area (Å²) in [5, 5.41) is 0. The fraction of sp³-hybridized carbons (Fsp3) is 0.321. The number of hydrogen-bond acceptors (Lipinski definition) is 6. The minimum atomic E-state index is -0.356. The highest BCUT2D eigenvalue weighted by Crippen LogP contribution is 2.40. The molecule has 7 nitrogen and oxygen atoms in total. The molecule has 0 fully saturated rings. The Labute approximate surface area is 206 Å². The lowest BCUT2D eigenvalue weighted by Gasteiger charge is -2.38. The molecule has 1 aliphatic heterocycles. The highest BCUT2D eigenvalue weighted by atomic mass is 16.5. The molecule has 0 saturated carbocycles. The normalized spacial score (nSPS) is 14.6. The number of rotatable bonds is 9. The maximum atomic E-state index is 13.8. The van der Waals surface area contributed by atoms with Crippen molar-refractivity contribution in [1.82, 2.24) is 4.90 Å². The topological polar surface area (TPSA) is 66.5 Å². The summed E-state index contributed by atoms with van der Waals surface area (Å²) in [6.07, 6.45) is 0.684. The molecule has 0 bridgehead atoms. The molecule has 1 amide bonds. The van der Waals surface area contributed by atoms with Crippen LogP contribution in [0.1, 0.15) is 34.5 Å². The van der Waals surface area contributed by atoms with Gasteiger partial charge in [0.05, 0.1) is 39.5 Å². The van der Waals surface area contributed by atoms with Gasteiger partial charge in [0.2, 0.25) is 0 Å². The molecule has 1 heterocycles. The van der Waals surface area contributed by atoms with Crippen molar-refractivity contribution >= 4 is 5.91 Å². The third-order valence-electron chi connectivity index (χ3n) is 6.15. The van der Waals surface area contributed by atoms with Crippen molar-refractivity contribution in [3.05, 3.63) is 77.4 Å². The van der Waals surface area contributed by atoms with Gasteiger partial charge < -0.3 is 28.6 Å². The van der Waals surface area contributed by atoms with E-state index in [1.807, 2.05) is 66.4 Å². The van der Waals surface area contributed by atoms with Gasteiger partial charge in [-0.05, 0) is 60.9 Å². The van der Waals surface area contributed by atoms with E-state index in [0.29, 0.717) is 53.9 Å². The van der Waals surface area contributed by atoms with E-state index in [1.54, 1.807) is 27.4 Å². The first kappa shape index (κ1) is 24.3. The van der Waals surface area contributed by atoms with Crippen LogP contribution < -0.4 is 23.7 Å². The smallest absolute Gasteiger partial charge is 0.258 e. The second kappa shape index (κ2) is 11.0. The maximum absolute atomic E-state index is 13.8. The van der Waals surface area contributed by atoms with Crippen LogP contribution in [0.4, 0.5) is 0 Å². The molecule has 3 aromatic rings. The highest BCUT2D eigenvalue weighted by Gasteiger charge is 2.34. The molecule has 1 atom stereocenters. The summed E-state index contributed by atoms with van der Waals surface area (Å²) < 4.78 is 28.5. The number of methoxy groups -OCH3 is 3. The van der Waals surface area contributed by atoms with Gasteiger partial charge in [0.15, 0.2) is 23.0 Å². The van der Waals surface area contributed by atoms with Crippen LogP contribution in [0.3, 0.4) is 0 Å². The first-order chi connectivity index (χ1) is 17.1. The van der Waals surface area contributed by atoms with Crippen LogP contribution in [0.25, 0.3) is 0 Å². The lowest BCUT2D eigenvalue weighted by molar-refractivity contribution is 0.0583. The predicted octanol–water partition coefficient (Wildman–Crippen LogP) is 4.93. The first-order valence-electron chi connectivity index (χ1n) is 11.6. The van der Waals surface area contributed by atoms with E-state index in [1.165, 1.54) is 0 Å². The van der Waals surface area contributed by atoms with Crippen molar-refractivity contribution in [2.24, 2.45) is 0 Å². The van der Waals surface area contributed by atoms with Crippen LogP contribution in [0.15, 0.2) is 60.7 Å². The van der Waals surface area contributed by atoms with Gasteiger partial charge in [-0.15, -0.1) is 0 Å². The molecular formula is C28H31NO6. The fourth-order valence-corrected chi connectivity index (χ4v) is 4.44. The lowest BCUT2D eigenvalue weighted by atomic mass is 9.91. The molecule has 0 N–H and O–H groups in total. The summed E-state index contributed by atoms with van der Waals surface area (Å²) in [5.74, 6) is 2.99. The molecule has 0 radical (unpaired) electrons. The van der Waals surface area contributed by atoms with E-state index < -0.39 is 0 Å². The summed E-state index contributed by atoms with van der Waals surface area (Å²) >= 11 is 0. The van der Waals surface area contributed by atoms with Crippen molar-refractivity contribution in [3.63, 3.8) is 0 Å². The van der Waals surface area contributed by atoms with Gasteiger partial charge in [0, 0.05) is 6.54 Å². The van der Waals surface area contributed by atoms with Crippen molar-refractivity contribution < 1.29 is 28.5 Å². The Kier molecular flexibility index (Phi) is 7.65. The fourth-order valence-electron chi connectivity index (χ4n) is 4.44. The summed E-state index contributed by atoms with van der Waals surface area (Å²) in [6, 6.07) is 18.4. The zero-order valence-corrected chi connectivity index (χ0v) is 20.6. The molecule has 0 saturated heterocycles. The standard InChI is InChI=1S/C28H31NO6/c1-5-34-23-11-7-6-10-20(23)28(30)29-15-14-19-16-26(32-3)27(33-4)17-21(19)22(29)18-35-25-13-9-8-12-24(25)31-2/h6-13,16-17,22H,5,14-15,18H2,1-4H3/t22-/m0/s1. The van der Waals surface area contributed by atoms with Gasteiger partial charge in [-0.25, -0.2) is 0 Å². The molecular weight excluding hydrogens is 446 g/mol. The zero-order valence-electron chi connectivity index (χ0n) is 20.6. The molecule has 7 heteroatoms. The Hall–Kier alpha value is -3.87. The number of benzene rings is 3. The molecule has 0 aliphatic carbocycles. The van der Waals surface area contributed by atoms with Gasteiger partial charge in [0.1, 0.15) is 12.4 Å². The van der Waals surface area contributed by atoms with Crippen LogP contribution in [-0.2, 0) is 6.42 Å². The van der Waals surface area contributed by atoms with Crippen molar-refractivity contribution in [2.75, 3.05) is 41.1 Å². The van der Waals surface area contributed by atoms with Crippen molar-refractivity contribution in [1.29, 1.82) is 0 Å². The second-order valence-electron chi connectivity index (χ2n) is 8.06. The lowest BCUT2D eigenvalue weighted by Crippen LogP contribution is -2.42. The van der Waals surface area contributed by atoms with Gasteiger partial charge in [-0.1, -0.05) is 24.3 Å². The maximum Gasteiger partial charge on any atom is 0.258 e. The Morgan fingerprint density at radius 3 is 2.14 bits per heavy atom. The Balaban J connectivity index is 1.74. The number of fused-ring (bicyclic) bond motifs is 1. The van der Waals surface area contributed by atoms with Gasteiger partial charge in [0.25, 0.3) is 5.91 Å². The number of hydrogen-bond donors (Lipinski definition) is 0. The molecule has 0 aromatic heterocycles. The largest absolute Gasteiger partial charge is 0.493 e. The predicted molar refractivity (Wildman–Crippen MR) is 133 cm³/mol. The molecule has 0 unspecified atom stereocenters. The van der Waals surface area contributed by atoms with E-state index >= 15 is 0 Å². The number of ether oxygens (including phenoxy) is 5. The van der Waals surface area contributed by atoms with Crippen LogP contribution in [0, 0.1) is 0 Å². The van der Waals surface area contributed by atoms with E-state index in [9.17, 15) is 4.79 Å². The van der Waals surface area contributed by atoms with E-state index in [0.717, 1.165) is 11.1 Å². The second-order valence-corrected chi connectivity index (χ2v) is 8.06. The first-order valence-corrected chi connectivity index (χ1v) is 11.6. The molecule has 3 aromatic carbocycles. The summed E-state index contributed by atoms with van der Waals surface area (Å²) in [6.45, 7) is 3.15. The third-order valence-corrected chi connectivity index (χ3v) is 6.15. The van der Waals surface area contributed by atoms with Gasteiger partial charge in [-0.3, -0.25) is 4.79 Å². The number of carbonyl (C=O) groups is 1. The van der Waals surface area contributed by atoms with Crippen LogP contribution >= 0.6 is 0 Å². The number of amides is 1. The van der Waals surface area contributed by atoms with Gasteiger partial charge >= 0.3 is 0 Å². The SMILES string of the molecule is CCOc1ccccc1C(=O)N1CCc2cc(OC)c(OC)cc2[C@@H]1COc1ccccc1OC. The van der Waals surface area contributed by atoms with E-state index in [2.05, 4.69) is 0 Å². The number of carbonyl (C=O) groups excluding carboxylic acids is 1. The van der Waals surface area contributed by atoms with Gasteiger partial charge in [-0.2, -0.15) is 0 Å². The summed E-state index contributed by atoms with van der Waals surface area (Å²) in [4.78, 5) is 15.7. The Morgan fingerprint density at radius 2 is 1.46 bits per heavy atom. The van der Waals surface area contributed by atoms with Crippen molar-refractivity contribution in [3.8, 4) is 28.7 Å². The summed E-state index contributed by atoms with van der Waals surface area (Å²) in [5.41, 5.74) is 2.59. The summed E-state index contributed by atoms with van der Waals surface area (Å²) in [7, 11) is 4.83. The molecule has 35 heavy (non-hydrogen) atoms. The molecule has 184 valence electrons. The minimum absolute atomic E-state index is 0.108. The third kappa shape index (κ3) is 4.99. The van der Waals surface area contributed by atoms with E-state index in [4.69, 9.17) is 23.7 Å². The van der Waals surface area contributed by atoms with Crippen LogP contribution in [0.2, 0.25) is 0 Å². The minimum Gasteiger partial charge on any atom is -0.493 e. The molecule has 4 rings (SSSR count). The Bertz CT molecular complexity index is 1180. The zero-order chi connectivity index (χ0) is 24.8. The average molecular weight is 478 g/mol. The van der Waals surface area contributed by atoms with Crippen molar-refractivity contribution in [2.45, 2.75) is 19.4 Å². The molecule has 1 aliphatic rings. The highest BCUT2D eigenvalue weighted by molar-refractivity contribution is 5.97. The van der Waals surface area contributed by atoms with E-state index in [-0.39, 0.29) is 18.6 Å². The number of para-hydroxylation sites is 3. The van der Waals surface area contributed by atoms with Crippen LogP contribution in [0.5, 0.6) is 28.7 Å². The molecule has 0 spiro atoms. The number of nitrogens with zero attached hydrogens (tertiary/aromatic N) is 1. The Morgan fingerprint density at radius 1 is 0.829 bits per heavy atom. The average Bonchev–Trinajstić information content (AvgIpc) is 2.91. The monoisotopic (exact) mass is 477 g/mol. The quantitative estimate of drug-likeness (QED) is 0.435.